The molecule has 16 nitrogen and oxygen atoms in total. The van der Waals surface area contributed by atoms with Crippen LogP contribution in [0.3, 0.4) is 0 Å². The molecule has 0 aliphatic carbocycles. The second-order valence-electron chi connectivity index (χ2n) is 10.8. The van der Waals surface area contributed by atoms with E-state index in [-0.39, 0.29) is 26.8 Å². The molecule has 0 atom stereocenters. The lowest BCUT2D eigenvalue weighted by atomic mass is 10.1. The third-order valence-corrected chi connectivity index (χ3v) is 8.09. The highest BCUT2D eigenvalue weighted by Crippen LogP contribution is 2.26. The maximum Gasteiger partial charge on any atom is 0.343 e. The molecule has 0 aromatic carbocycles. The summed E-state index contributed by atoms with van der Waals surface area (Å²) in [5.41, 5.74) is 8.26. The van der Waals surface area contributed by atoms with Crippen LogP contribution in [-0.2, 0) is 18.9 Å². The van der Waals surface area contributed by atoms with E-state index in [1.807, 2.05) is 21.8 Å². The predicted octanol–water partition coefficient (Wildman–Crippen LogP) is 5.21. The van der Waals surface area contributed by atoms with Crippen molar-refractivity contribution in [1.29, 1.82) is 0 Å². The lowest BCUT2D eigenvalue weighted by molar-refractivity contribution is 0.0590. The topological polar surface area (TPSA) is 196 Å². The van der Waals surface area contributed by atoms with Crippen LogP contribution in [0.1, 0.15) is 69.9 Å². The van der Waals surface area contributed by atoms with Gasteiger partial charge >= 0.3 is 11.9 Å². The van der Waals surface area contributed by atoms with Crippen molar-refractivity contribution in [2.24, 2.45) is 0 Å². The number of rotatable bonds is 6. The van der Waals surface area contributed by atoms with E-state index in [4.69, 9.17) is 54.7 Å². The Hall–Kier alpha value is -4.09. The molecule has 0 amide bonds. The van der Waals surface area contributed by atoms with Crippen molar-refractivity contribution >= 4 is 63.9 Å². The Morgan fingerprint density at radius 3 is 1.78 bits per heavy atom. The number of halogens is 3. The number of methoxy groups -OCH3 is 2. The minimum atomic E-state index is -0.570. The summed E-state index contributed by atoms with van der Waals surface area (Å²) in [7, 11) is 2.57. The minimum Gasteiger partial charge on any atom is -0.465 e. The quantitative estimate of drug-likeness (QED) is 0.148. The molecule has 4 aromatic rings. The molecular formula is C30H37Cl3N10O6. The van der Waals surface area contributed by atoms with Gasteiger partial charge in [-0.25, -0.2) is 24.5 Å². The summed E-state index contributed by atoms with van der Waals surface area (Å²) in [6.07, 6.45) is 11.1. The van der Waals surface area contributed by atoms with Gasteiger partial charge in [-0.2, -0.15) is 15.2 Å². The van der Waals surface area contributed by atoms with Crippen LogP contribution in [0.25, 0.3) is 0 Å². The zero-order valence-electron chi connectivity index (χ0n) is 27.4. The van der Waals surface area contributed by atoms with Gasteiger partial charge in [-0.15, -0.1) is 0 Å². The van der Waals surface area contributed by atoms with E-state index in [1.54, 1.807) is 26.2 Å². The fourth-order valence-corrected chi connectivity index (χ4v) is 5.77. The molecule has 6 heterocycles. The summed E-state index contributed by atoms with van der Waals surface area (Å²) in [4.78, 5) is 38.6. The van der Waals surface area contributed by atoms with E-state index in [2.05, 4.69) is 40.2 Å². The van der Waals surface area contributed by atoms with Gasteiger partial charge in [-0.3, -0.25) is 9.36 Å². The largest absolute Gasteiger partial charge is 0.465 e. The minimum absolute atomic E-state index is 0.00403. The van der Waals surface area contributed by atoms with Gasteiger partial charge in [0.25, 0.3) is 0 Å². The molecule has 0 saturated carbocycles. The van der Waals surface area contributed by atoms with Crippen LogP contribution >= 0.6 is 34.8 Å². The van der Waals surface area contributed by atoms with E-state index in [9.17, 15) is 9.59 Å². The van der Waals surface area contributed by atoms with Crippen LogP contribution in [0.2, 0.25) is 15.7 Å². The maximum absolute atomic E-state index is 12.0. The van der Waals surface area contributed by atoms with Gasteiger partial charge in [0.15, 0.2) is 0 Å². The SMILES string of the molecule is COC(=O)c1c(C)nc(Cl)nc1Cl.COC(=O)c1c(C)nc(Cl)nc1Nc1cnn(C2CCOCC2)c1.Nc1cnn(C2CCOCC2)c1. The summed E-state index contributed by atoms with van der Waals surface area (Å²) >= 11 is 17.1. The average Bonchev–Trinajstić information content (AvgIpc) is 3.74. The fourth-order valence-electron chi connectivity index (χ4n) is 5.01. The van der Waals surface area contributed by atoms with Gasteiger partial charge in [0, 0.05) is 38.8 Å². The van der Waals surface area contributed by atoms with E-state index < -0.39 is 11.9 Å². The number of nitrogens with two attached hydrogens (primary N) is 1. The zero-order chi connectivity index (χ0) is 35.5. The van der Waals surface area contributed by atoms with Gasteiger partial charge in [0.2, 0.25) is 10.6 Å². The smallest absolute Gasteiger partial charge is 0.343 e. The van der Waals surface area contributed by atoms with E-state index >= 15 is 0 Å². The van der Waals surface area contributed by atoms with Crippen molar-refractivity contribution in [3.8, 4) is 0 Å². The number of nitrogens with zero attached hydrogens (tertiary/aromatic N) is 8. The summed E-state index contributed by atoms with van der Waals surface area (Å²) in [6.45, 7) is 6.43. The Morgan fingerprint density at radius 1 is 0.776 bits per heavy atom. The Labute approximate surface area is 297 Å². The average molecular weight is 740 g/mol. The standard InChI is InChI=1S/C15H18ClN5O3.C8H13N3O.C7H6Cl2N2O2/c1-9-12(14(22)23-2)13(20-15(16)18-9)19-10-7-17-21(8-10)11-3-5-24-6-4-11;9-7-5-10-11(6-7)8-1-3-12-4-2-8;1-3-4(6(12)13-2)5(8)11-7(9)10-3/h7-8,11H,3-6H2,1-2H3,(H,18,19,20);5-6,8H,1-4,9H2;1-2H3. The van der Waals surface area contributed by atoms with Crippen molar-refractivity contribution in [2.45, 2.75) is 51.6 Å². The number of anilines is 3. The lowest BCUT2D eigenvalue weighted by Crippen LogP contribution is -2.19. The van der Waals surface area contributed by atoms with Crippen molar-refractivity contribution in [3.05, 3.63) is 63.0 Å². The highest BCUT2D eigenvalue weighted by molar-refractivity contribution is 6.34. The Kier molecular flexibility index (Phi) is 13.9. The van der Waals surface area contributed by atoms with Gasteiger partial charge in [0.1, 0.15) is 22.1 Å². The lowest BCUT2D eigenvalue weighted by Gasteiger charge is -2.22. The molecule has 3 N–H and O–H groups in total. The fraction of sp³-hybridized carbons (Fsp3) is 0.467. The number of hydrogen-bond donors (Lipinski definition) is 2. The van der Waals surface area contributed by atoms with Crippen LogP contribution in [0.4, 0.5) is 17.2 Å². The Balaban J connectivity index is 0.000000182. The molecule has 49 heavy (non-hydrogen) atoms. The van der Waals surface area contributed by atoms with E-state index in [1.165, 1.54) is 14.2 Å². The van der Waals surface area contributed by atoms with Crippen LogP contribution in [0.15, 0.2) is 24.8 Å². The van der Waals surface area contributed by atoms with Gasteiger partial charge < -0.3 is 30.0 Å². The second-order valence-corrected chi connectivity index (χ2v) is 11.8. The van der Waals surface area contributed by atoms with Gasteiger partial charge in [0.05, 0.1) is 61.5 Å². The monoisotopic (exact) mass is 738 g/mol. The molecule has 0 unspecified atom stereocenters. The van der Waals surface area contributed by atoms with Crippen molar-refractivity contribution in [3.63, 3.8) is 0 Å². The number of nitrogen functional groups attached to an aromatic ring is 1. The van der Waals surface area contributed by atoms with Crippen LogP contribution in [0, 0.1) is 13.8 Å². The van der Waals surface area contributed by atoms with Crippen LogP contribution < -0.4 is 11.1 Å². The molecule has 6 rings (SSSR count). The molecule has 264 valence electrons. The second kappa shape index (κ2) is 18.1. The highest BCUT2D eigenvalue weighted by atomic mass is 35.5. The molecule has 0 spiro atoms. The molecule has 19 heteroatoms. The molecular weight excluding hydrogens is 703 g/mol. The first-order valence-electron chi connectivity index (χ1n) is 15.2. The highest BCUT2D eigenvalue weighted by Gasteiger charge is 2.21. The number of hydrogen-bond acceptors (Lipinski definition) is 14. The Morgan fingerprint density at radius 2 is 1.27 bits per heavy atom. The molecule has 2 aliphatic heterocycles. The number of carbonyl (C=O) groups is 2. The maximum atomic E-state index is 12.0. The summed E-state index contributed by atoms with van der Waals surface area (Å²) in [5.74, 6) is -0.798. The Bertz CT molecular complexity index is 1700. The number of carbonyl (C=O) groups excluding carboxylic acids is 2. The molecule has 2 saturated heterocycles. The number of aromatic nitrogens is 8. The normalized spacial score (nSPS) is 14.9. The number of aryl methyl sites for hydroxylation is 2. The van der Waals surface area contributed by atoms with Crippen molar-refractivity contribution in [2.75, 3.05) is 51.7 Å². The van der Waals surface area contributed by atoms with Crippen LogP contribution in [-0.4, -0.2) is 92.1 Å². The first-order valence-corrected chi connectivity index (χ1v) is 16.3. The first-order chi connectivity index (χ1) is 23.5. The first kappa shape index (κ1) is 37.7. The molecule has 0 bridgehead atoms. The third-order valence-electron chi connectivity index (χ3n) is 7.48. The van der Waals surface area contributed by atoms with E-state index in [0.717, 1.165) is 57.8 Å². The van der Waals surface area contributed by atoms with Crippen molar-refractivity contribution in [1.82, 2.24) is 39.5 Å². The number of esters is 2. The zero-order valence-corrected chi connectivity index (χ0v) is 29.6. The summed E-state index contributed by atoms with van der Waals surface area (Å²) < 4.78 is 23.8. The van der Waals surface area contributed by atoms with Gasteiger partial charge in [-0.1, -0.05) is 11.6 Å². The number of ether oxygens (including phenoxy) is 4. The predicted molar refractivity (Wildman–Crippen MR) is 182 cm³/mol. The third kappa shape index (κ3) is 10.4. The summed E-state index contributed by atoms with van der Waals surface area (Å²) in [5, 5.41) is 11.7. The van der Waals surface area contributed by atoms with E-state index in [0.29, 0.717) is 35.0 Å². The number of nitrogens with one attached hydrogen (secondary N) is 1. The van der Waals surface area contributed by atoms with Gasteiger partial charge in [-0.05, 0) is 62.7 Å². The summed E-state index contributed by atoms with van der Waals surface area (Å²) in [6, 6.07) is 0.793. The molecule has 0 radical (unpaired) electrons. The molecule has 4 aromatic heterocycles. The molecule has 2 aliphatic rings. The molecule has 2 fully saturated rings. The van der Waals surface area contributed by atoms with Crippen molar-refractivity contribution < 1.29 is 28.5 Å². The van der Waals surface area contributed by atoms with Crippen LogP contribution in [0.5, 0.6) is 0 Å².